The highest BCUT2D eigenvalue weighted by Gasteiger charge is 2.20. The quantitative estimate of drug-likeness (QED) is 0.719. The van der Waals surface area contributed by atoms with Crippen molar-refractivity contribution >= 4 is 23.1 Å². The second-order valence-electron chi connectivity index (χ2n) is 3.83. The van der Waals surface area contributed by atoms with Crippen LogP contribution in [0.1, 0.15) is 18.4 Å². The van der Waals surface area contributed by atoms with Gasteiger partial charge in [-0.05, 0) is 46.9 Å². The van der Waals surface area contributed by atoms with Crippen molar-refractivity contribution in [3.8, 4) is 0 Å². The summed E-state index contributed by atoms with van der Waals surface area (Å²) in [6.07, 6.45) is 2.96. The highest BCUT2D eigenvalue weighted by Crippen LogP contribution is 2.32. The molecule has 1 saturated carbocycles. The van der Waals surface area contributed by atoms with E-state index in [0.29, 0.717) is 0 Å². The second kappa shape index (κ2) is 5.79. The molecule has 0 radical (unpaired) electrons. The van der Waals surface area contributed by atoms with Crippen molar-refractivity contribution in [2.75, 3.05) is 18.1 Å². The predicted molar refractivity (Wildman–Crippen MR) is 66.1 cm³/mol. The summed E-state index contributed by atoms with van der Waals surface area (Å²) in [4.78, 5) is 0. The fourth-order valence-electron chi connectivity index (χ4n) is 1.30. The molecule has 1 nitrogen and oxygen atoms in total. The Kier molecular flexibility index (Phi) is 4.35. The first-order valence-corrected chi connectivity index (χ1v) is 7.34. The lowest BCUT2D eigenvalue weighted by molar-refractivity contribution is 0.733. The minimum absolute atomic E-state index is 1.04. The molecule has 3 heteroatoms. The Balaban J connectivity index is 1.43. The predicted octanol–water partition coefficient (Wildman–Crippen LogP) is 2.98. The molecule has 1 aliphatic carbocycles. The summed E-state index contributed by atoms with van der Waals surface area (Å²) in [5.41, 5.74) is 1.42. The van der Waals surface area contributed by atoms with Gasteiger partial charge in [-0.1, -0.05) is 0 Å². The van der Waals surface area contributed by atoms with Crippen LogP contribution in [0.5, 0.6) is 0 Å². The van der Waals surface area contributed by atoms with E-state index in [2.05, 4.69) is 33.9 Å². The lowest BCUT2D eigenvalue weighted by Gasteiger charge is -2.02. The van der Waals surface area contributed by atoms with Gasteiger partial charge in [0.15, 0.2) is 0 Å². The van der Waals surface area contributed by atoms with E-state index in [1.807, 2.05) is 0 Å². The molecular weight excluding hydrogens is 210 g/mol. The van der Waals surface area contributed by atoms with Gasteiger partial charge in [0.25, 0.3) is 0 Å². The highest BCUT2D eigenvalue weighted by molar-refractivity contribution is 7.99. The largest absolute Gasteiger partial charge is 0.312 e. The van der Waals surface area contributed by atoms with Gasteiger partial charge in [0.2, 0.25) is 0 Å². The summed E-state index contributed by atoms with van der Waals surface area (Å²) >= 11 is 3.88. The van der Waals surface area contributed by atoms with Gasteiger partial charge in [-0.2, -0.15) is 23.1 Å². The molecule has 2 rings (SSSR count). The normalized spacial score (nSPS) is 16.0. The molecule has 14 heavy (non-hydrogen) atoms. The maximum atomic E-state index is 3.47. The summed E-state index contributed by atoms with van der Waals surface area (Å²) in [6, 6.07) is 2.19. The molecule has 0 spiro atoms. The fourth-order valence-corrected chi connectivity index (χ4v) is 3.10. The Hall–Kier alpha value is 0.01000. The van der Waals surface area contributed by atoms with Crippen LogP contribution in [0.25, 0.3) is 0 Å². The van der Waals surface area contributed by atoms with Crippen LogP contribution in [0, 0.1) is 5.92 Å². The Morgan fingerprint density at radius 3 is 3.14 bits per heavy atom. The number of rotatable bonds is 7. The van der Waals surface area contributed by atoms with Gasteiger partial charge in [0.05, 0.1) is 0 Å². The van der Waals surface area contributed by atoms with Crippen LogP contribution in [-0.4, -0.2) is 18.1 Å². The van der Waals surface area contributed by atoms with Crippen molar-refractivity contribution in [2.24, 2.45) is 5.92 Å². The average molecular weight is 227 g/mol. The van der Waals surface area contributed by atoms with Crippen molar-refractivity contribution in [2.45, 2.75) is 19.4 Å². The van der Waals surface area contributed by atoms with Gasteiger partial charge in [0.1, 0.15) is 0 Å². The van der Waals surface area contributed by atoms with Crippen molar-refractivity contribution in [3.05, 3.63) is 22.4 Å². The summed E-state index contributed by atoms with van der Waals surface area (Å²) < 4.78 is 0. The van der Waals surface area contributed by atoms with Gasteiger partial charge in [-0.3, -0.25) is 0 Å². The standard InChI is InChI=1S/C11H17NS2/c1-2-10(1)8-14-6-4-12-7-11-3-5-13-9-11/h3,5,9-10,12H,1-2,4,6-8H2. The molecule has 1 heterocycles. The summed E-state index contributed by atoms with van der Waals surface area (Å²) in [6.45, 7) is 2.18. The van der Waals surface area contributed by atoms with Crippen LogP contribution in [0.3, 0.4) is 0 Å². The summed E-state index contributed by atoms with van der Waals surface area (Å²) in [7, 11) is 0. The molecule has 0 saturated heterocycles. The molecule has 0 aliphatic heterocycles. The second-order valence-corrected chi connectivity index (χ2v) is 5.76. The van der Waals surface area contributed by atoms with E-state index in [1.54, 1.807) is 11.3 Å². The topological polar surface area (TPSA) is 12.0 Å². The fraction of sp³-hybridized carbons (Fsp3) is 0.636. The zero-order valence-electron chi connectivity index (χ0n) is 8.37. The van der Waals surface area contributed by atoms with Gasteiger partial charge in [-0.15, -0.1) is 0 Å². The SMILES string of the molecule is c1cc(CNCCSCC2CC2)cs1. The van der Waals surface area contributed by atoms with Crippen molar-refractivity contribution in [3.63, 3.8) is 0 Å². The Labute approximate surface area is 94.3 Å². The molecule has 0 bridgehead atoms. The molecule has 1 aromatic rings. The smallest absolute Gasteiger partial charge is 0.0214 e. The lowest BCUT2D eigenvalue weighted by atomic mass is 10.3. The van der Waals surface area contributed by atoms with Crippen LogP contribution in [-0.2, 0) is 6.54 Å². The molecule has 0 atom stereocenters. The van der Waals surface area contributed by atoms with Crippen LogP contribution in [0.2, 0.25) is 0 Å². The summed E-state index contributed by atoms with van der Waals surface area (Å²) in [5, 5.41) is 7.82. The third-order valence-corrected chi connectivity index (χ3v) is 4.31. The van der Waals surface area contributed by atoms with Crippen molar-refractivity contribution < 1.29 is 0 Å². The average Bonchev–Trinajstić information content (AvgIpc) is 2.87. The van der Waals surface area contributed by atoms with Crippen molar-refractivity contribution in [1.82, 2.24) is 5.32 Å². The molecule has 1 N–H and O–H groups in total. The van der Waals surface area contributed by atoms with E-state index in [1.165, 1.54) is 29.9 Å². The molecule has 0 aromatic carbocycles. The van der Waals surface area contributed by atoms with E-state index in [9.17, 15) is 0 Å². The maximum Gasteiger partial charge on any atom is 0.0214 e. The first-order valence-electron chi connectivity index (χ1n) is 5.24. The molecule has 78 valence electrons. The van der Waals surface area contributed by atoms with Crippen LogP contribution in [0.15, 0.2) is 16.8 Å². The van der Waals surface area contributed by atoms with Gasteiger partial charge in [0, 0.05) is 18.8 Å². The number of thiophene rings is 1. The first-order chi connectivity index (χ1) is 6.95. The van der Waals surface area contributed by atoms with E-state index in [0.717, 1.165) is 19.0 Å². The van der Waals surface area contributed by atoms with E-state index < -0.39 is 0 Å². The number of thioether (sulfide) groups is 1. The Morgan fingerprint density at radius 2 is 2.43 bits per heavy atom. The van der Waals surface area contributed by atoms with Gasteiger partial charge >= 0.3 is 0 Å². The Morgan fingerprint density at radius 1 is 1.50 bits per heavy atom. The lowest BCUT2D eigenvalue weighted by Crippen LogP contribution is -2.16. The van der Waals surface area contributed by atoms with Gasteiger partial charge in [-0.25, -0.2) is 0 Å². The minimum atomic E-state index is 1.04. The van der Waals surface area contributed by atoms with E-state index >= 15 is 0 Å². The van der Waals surface area contributed by atoms with E-state index in [4.69, 9.17) is 0 Å². The summed E-state index contributed by atoms with van der Waals surface area (Å²) in [5.74, 6) is 3.72. The highest BCUT2D eigenvalue weighted by atomic mass is 32.2. The molecular formula is C11H17NS2. The van der Waals surface area contributed by atoms with Gasteiger partial charge < -0.3 is 5.32 Å². The maximum absolute atomic E-state index is 3.47. The zero-order chi connectivity index (χ0) is 9.64. The number of hydrogen-bond donors (Lipinski definition) is 1. The molecule has 1 fully saturated rings. The first kappa shape index (κ1) is 10.5. The number of hydrogen-bond acceptors (Lipinski definition) is 3. The number of nitrogens with one attached hydrogen (secondary N) is 1. The van der Waals surface area contributed by atoms with Crippen LogP contribution >= 0.6 is 23.1 Å². The van der Waals surface area contributed by atoms with Crippen molar-refractivity contribution in [1.29, 1.82) is 0 Å². The monoisotopic (exact) mass is 227 g/mol. The minimum Gasteiger partial charge on any atom is -0.312 e. The Bertz CT molecular complexity index is 242. The zero-order valence-corrected chi connectivity index (χ0v) is 10.0. The van der Waals surface area contributed by atoms with Crippen LogP contribution in [0.4, 0.5) is 0 Å². The third-order valence-electron chi connectivity index (χ3n) is 2.38. The van der Waals surface area contributed by atoms with E-state index in [-0.39, 0.29) is 0 Å². The molecule has 1 aromatic heterocycles. The molecule has 0 amide bonds. The molecule has 1 aliphatic rings. The van der Waals surface area contributed by atoms with Crippen LogP contribution < -0.4 is 5.32 Å². The molecule has 0 unspecified atom stereocenters. The third kappa shape index (κ3) is 4.03.